The van der Waals surface area contributed by atoms with Gasteiger partial charge in [0.15, 0.2) is 5.82 Å². The highest BCUT2D eigenvalue weighted by Crippen LogP contribution is 2.22. The first-order chi connectivity index (χ1) is 10.6. The summed E-state index contributed by atoms with van der Waals surface area (Å²) in [4.78, 5) is 23.2. The van der Waals surface area contributed by atoms with Gasteiger partial charge in [-0.1, -0.05) is 6.92 Å². The van der Waals surface area contributed by atoms with E-state index >= 15 is 0 Å². The van der Waals surface area contributed by atoms with Crippen LogP contribution < -0.4 is 10.6 Å². The molecule has 7 heteroatoms. The van der Waals surface area contributed by atoms with Gasteiger partial charge in [-0.05, 0) is 37.8 Å². The van der Waals surface area contributed by atoms with E-state index in [0.29, 0.717) is 24.1 Å². The maximum absolute atomic E-state index is 12.1. The Kier molecular flexibility index (Phi) is 5.94. The van der Waals surface area contributed by atoms with E-state index in [1.807, 2.05) is 0 Å². The lowest BCUT2D eigenvalue weighted by molar-refractivity contribution is -0.141. The smallest absolute Gasteiger partial charge is 0.327 e. The summed E-state index contributed by atoms with van der Waals surface area (Å²) in [7, 11) is 1.33. The molecule has 1 aliphatic heterocycles. The Bertz CT molecular complexity index is 509. The van der Waals surface area contributed by atoms with Crippen molar-refractivity contribution in [1.82, 2.24) is 15.1 Å². The minimum Gasteiger partial charge on any atom is -0.468 e. The van der Waals surface area contributed by atoms with Crippen LogP contribution in [0.25, 0.3) is 0 Å². The zero-order chi connectivity index (χ0) is 15.9. The lowest BCUT2D eigenvalue weighted by atomic mass is 9.85. The van der Waals surface area contributed by atoms with E-state index in [2.05, 4.69) is 27.4 Å². The molecular formula is C15H24N4O3. The second kappa shape index (κ2) is 7.93. The second-order valence-electron chi connectivity index (χ2n) is 5.81. The molecule has 0 spiro atoms. The zero-order valence-corrected chi connectivity index (χ0v) is 13.2. The molecule has 0 aromatic carbocycles. The van der Waals surface area contributed by atoms with Gasteiger partial charge in [0.1, 0.15) is 6.54 Å². The maximum atomic E-state index is 12.1. The quantitative estimate of drug-likeness (QED) is 0.766. The van der Waals surface area contributed by atoms with Crippen molar-refractivity contribution in [3.8, 4) is 0 Å². The summed E-state index contributed by atoms with van der Waals surface area (Å²) in [5.74, 6) is 0.935. The lowest BCUT2D eigenvalue weighted by Gasteiger charge is -2.27. The van der Waals surface area contributed by atoms with Crippen LogP contribution in [0.15, 0.2) is 12.3 Å². The number of rotatable bonds is 6. The van der Waals surface area contributed by atoms with Crippen molar-refractivity contribution in [2.45, 2.75) is 32.7 Å². The van der Waals surface area contributed by atoms with Crippen LogP contribution >= 0.6 is 0 Å². The summed E-state index contributed by atoms with van der Waals surface area (Å²) in [5.41, 5.74) is 0. The molecule has 1 aliphatic rings. The van der Waals surface area contributed by atoms with E-state index < -0.39 is 0 Å². The molecular weight excluding hydrogens is 284 g/mol. The van der Waals surface area contributed by atoms with Gasteiger partial charge in [-0.3, -0.25) is 14.3 Å². The van der Waals surface area contributed by atoms with Crippen LogP contribution in [-0.2, 0) is 20.9 Å². The normalized spacial score (nSPS) is 19.5. The number of hydrogen-bond donors (Lipinski definition) is 2. The highest BCUT2D eigenvalue weighted by Gasteiger charge is 2.22. The summed E-state index contributed by atoms with van der Waals surface area (Å²) < 4.78 is 6.01. The summed E-state index contributed by atoms with van der Waals surface area (Å²) in [5, 5.41) is 10.3. The van der Waals surface area contributed by atoms with Crippen LogP contribution in [0.1, 0.15) is 26.2 Å². The number of piperidine rings is 1. The first kappa shape index (κ1) is 16.5. The van der Waals surface area contributed by atoms with E-state index in [4.69, 9.17) is 0 Å². The molecule has 2 rings (SSSR count). The van der Waals surface area contributed by atoms with E-state index in [1.54, 1.807) is 12.3 Å². The van der Waals surface area contributed by atoms with Crippen LogP contribution in [-0.4, -0.2) is 41.9 Å². The van der Waals surface area contributed by atoms with Crippen molar-refractivity contribution in [2.24, 2.45) is 11.8 Å². The van der Waals surface area contributed by atoms with Gasteiger partial charge in [-0.25, -0.2) is 0 Å². The van der Waals surface area contributed by atoms with Gasteiger partial charge in [0.05, 0.1) is 7.11 Å². The number of carbonyl (C=O) groups is 2. The van der Waals surface area contributed by atoms with Gasteiger partial charge in [-0.2, -0.15) is 5.10 Å². The Morgan fingerprint density at radius 2 is 2.41 bits per heavy atom. The molecule has 0 bridgehead atoms. The first-order valence-electron chi connectivity index (χ1n) is 7.69. The van der Waals surface area contributed by atoms with Gasteiger partial charge in [0.25, 0.3) is 0 Å². The Morgan fingerprint density at radius 1 is 1.59 bits per heavy atom. The van der Waals surface area contributed by atoms with Crippen molar-refractivity contribution in [2.75, 3.05) is 25.5 Å². The van der Waals surface area contributed by atoms with Gasteiger partial charge < -0.3 is 15.4 Å². The summed E-state index contributed by atoms with van der Waals surface area (Å²) >= 11 is 0. The number of amides is 1. The average molecular weight is 308 g/mol. The van der Waals surface area contributed by atoms with E-state index in [1.165, 1.54) is 24.6 Å². The van der Waals surface area contributed by atoms with Crippen molar-refractivity contribution in [1.29, 1.82) is 0 Å². The Morgan fingerprint density at radius 3 is 3.09 bits per heavy atom. The van der Waals surface area contributed by atoms with Gasteiger partial charge in [0, 0.05) is 18.7 Å². The van der Waals surface area contributed by atoms with Crippen molar-refractivity contribution >= 4 is 17.7 Å². The molecule has 7 nitrogen and oxygen atoms in total. The molecule has 1 aromatic heterocycles. The lowest BCUT2D eigenvalue weighted by Crippen LogP contribution is -2.34. The molecule has 0 radical (unpaired) electrons. The summed E-state index contributed by atoms with van der Waals surface area (Å²) in [6.07, 6.45) is 4.47. The SMILES string of the molecule is COC(=O)Cn1ccc(NC(=O)CC(C)C2CCCNC2)n1. The Balaban J connectivity index is 1.80. The fourth-order valence-corrected chi connectivity index (χ4v) is 2.73. The third kappa shape index (κ3) is 4.84. The summed E-state index contributed by atoms with van der Waals surface area (Å²) in [6, 6.07) is 1.67. The second-order valence-corrected chi connectivity index (χ2v) is 5.81. The standard InChI is InChI=1S/C15H24N4O3/c1-11(12-4-3-6-16-9-12)8-14(20)17-13-5-7-19(18-13)10-15(21)22-2/h5,7,11-12,16H,3-4,6,8-10H2,1-2H3,(H,17,18,20). The average Bonchev–Trinajstić information content (AvgIpc) is 2.94. The number of hydrogen-bond acceptors (Lipinski definition) is 5. The number of methoxy groups -OCH3 is 1. The van der Waals surface area contributed by atoms with Crippen molar-refractivity contribution in [3.05, 3.63) is 12.3 Å². The molecule has 22 heavy (non-hydrogen) atoms. The predicted molar refractivity (Wildman–Crippen MR) is 82.2 cm³/mol. The molecule has 2 heterocycles. The third-order valence-corrected chi connectivity index (χ3v) is 4.07. The van der Waals surface area contributed by atoms with Crippen LogP contribution in [0.5, 0.6) is 0 Å². The number of ether oxygens (including phenoxy) is 1. The monoisotopic (exact) mass is 308 g/mol. The Labute approximate surface area is 130 Å². The molecule has 1 saturated heterocycles. The number of nitrogens with one attached hydrogen (secondary N) is 2. The van der Waals surface area contributed by atoms with Gasteiger partial charge in [-0.15, -0.1) is 0 Å². The van der Waals surface area contributed by atoms with Gasteiger partial charge >= 0.3 is 5.97 Å². The molecule has 1 aromatic rings. The largest absolute Gasteiger partial charge is 0.468 e. The summed E-state index contributed by atoms with van der Waals surface area (Å²) in [6.45, 7) is 4.22. The minimum absolute atomic E-state index is 0.0382. The molecule has 122 valence electrons. The fraction of sp³-hybridized carbons (Fsp3) is 0.667. The molecule has 1 amide bonds. The zero-order valence-electron chi connectivity index (χ0n) is 13.2. The topological polar surface area (TPSA) is 85.2 Å². The van der Waals surface area contributed by atoms with E-state index in [0.717, 1.165) is 13.1 Å². The molecule has 0 saturated carbocycles. The van der Waals surface area contributed by atoms with Crippen molar-refractivity contribution < 1.29 is 14.3 Å². The maximum Gasteiger partial charge on any atom is 0.327 e. The van der Waals surface area contributed by atoms with Crippen LogP contribution in [0.2, 0.25) is 0 Å². The first-order valence-corrected chi connectivity index (χ1v) is 7.69. The molecule has 2 atom stereocenters. The number of aromatic nitrogens is 2. The number of carbonyl (C=O) groups excluding carboxylic acids is 2. The third-order valence-electron chi connectivity index (χ3n) is 4.07. The van der Waals surface area contributed by atoms with Gasteiger partial charge in [0.2, 0.25) is 5.91 Å². The molecule has 1 fully saturated rings. The highest BCUT2D eigenvalue weighted by atomic mass is 16.5. The molecule has 0 aliphatic carbocycles. The molecule has 2 unspecified atom stereocenters. The van der Waals surface area contributed by atoms with Crippen LogP contribution in [0.4, 0.5) is 5.82 Å². The number of anilines is 1. The predicted octanol–water partition coefficient (Wildman–Crippen LogP) is 1.02. The minimum atomic E-state index is -0.376. The van der Waals surface area contributed by atoms with Crippen LogP contribution in [0, 0.1) is 11.8 Å². The van der Waals surface area contributed by atoms with Crippen molar-refractivity contribution in [3.63, 3.8) is 0 Å². The highest BCUT2D eigenvalue weighted by molar-refractivity contribution is 5.89. The van der Waals surface area contributed by atoms with E-state index in [-0.39, 0.29) is 18.4 Å². The molecule has 2 N–H and O–H groups in total. The number of esters is 1. The van der Waals surface area contributed by atoms with E-state index in [9.17, 15) is 9.59 Å². The Hall–Kier alpha value is -1.89. The van der Waals surface area contributed by atoms with Crippen LogP contribution in [0.3, 0.4) is 0 Å². The number of nitrogens with zero attached hydrogens (tertiary/aromatic N) is 2. The fourth-order valence-electron chi connectivity index (χ4n) is 2.73.